The number of benzene rings is 2. The Hall–Kier alpha value is -2.46. The van der Waals surface area contributed by atoms with Gasteiger partial charge in [0.1, 0.15) is 5.82 Å². The van der Waals surface area contributed by atoms with Crippen LogP contribution in [0.15, 0.2) is 53.4 Å². The Balaban J connectivity index is 1.68. The second-order valence-corrected chi connectivity index (χ2v) is 8.66. The van der Waals surface area contributed by atoms with E-state index in [4.69, 9.17) is 0 Å². The Morgan fingerprint density at radius 2 is 1.66 bits per heavy atom. The summed E-state index contributed by atoms with van der Waals surface area (Å²) < 4.78 is 77.5. The molecule has 0 aromatic heterocycles. The summed E-state index contributed by atoms with van der Waals surface area (Å²) in [6, 6.07) is 8.45. The molecule has 29 heavy (non-hydrogen) atoms. The predicted octanol–water partition coefficient (Wildman–Crippen LogP) is 3.88. The van der Waals surface area contributed by atoms with Gasteiger partial charge >= 0.3 is 6.18 Å². The number of anilines is 1. The van der Waals surface area contributed by atoms with Crippen LogP contribution in [0.3, 0.4) is 0 Å². The van der Waals surface area contributed by atoms with E-state index in [0.717, 1.165) is 48.5 Å². The average molecular weight is 430 g/mol. The Bertz CT molecular complexity index is 974. The minimum atomic E-state index is -4.47. The van der Waals surface area contributed by atoms with Crippen LogP contribution in [-0.4, -0.2) is 31.7 Å². The van der Waals surface area contributed by atoms with E-state index in [-0.39, 0.29) is 23.7 Å². The Labute approximate surface area is 165 Å². The third-order valence-corrected chi connectivity index (χ3v) is 6.57. The maximum absolute atomic E-state index is 13.1. The average Bonchev–Trinajstić information content (AvgIpc) is 2.68. The molecule has 0 spiro atoms. The van der Waals surface area contributed by atoms with Gasteiger partial charge in [0.05, 0.1) is 16.4 Å². The summed E-state index contributed by atoms with van der Waals surface area (Å²) in [6.45, 7) is 0.163. The van der Waals surface area contributed by atoms with Crippen LogP contribution >= 0.6 is 0 Å². The molecule has 1 aliphatic rings. The number of amides is 1. The van der Waals surface area contributed by atoms with Gasteiger partial charge in [0.15, 0.2) is 0 Å². The third kappa shape index (κ3) is 4.94. The number of halogens is 4. The van der Waals surface area contributed by atoms with Crippen molar-refractivity contribution in [2.75, 3.05) is 18.4 Å². The fourth-order valence-corrected chi connectivity index (χ4v) is 4.64. The first-order valence-electron chi connectivity index (χ1n) is 8.81. The summed E-state index contributed by atoms with van der Waals surface area (Å²) in [5, 5.41) is 2.53. The van der Waals surface area contributed by atoms with E-state index in [0.29, 0.717) is 12.8 Å². The van der Waals surface area contributed by atoms with Crippen LogP contribution in [0.2, 0.25) is 0 Å². The molecule has 1 atom stereocenters. The lowest BCUT2D eigenvalue weighted by Gasteiger charge is -2.31. The number of sulfonamides is 1. The monoisotopic (exact) mass is 430 g/mol. The van der Waals surface area contributed by atoms with Crippen LogP contribution < -0.4 is 5.32 Å². The molecule has 1 heterocycles. The molecule has 1 saturated heterocycles. The Morgan fingerprint density at radius 3 is 2.24 bits per heavy atom. The highest BCUT2D eigenvalue weighted by Crippen LogP contribution is 2.30. The molecule has 0 aliphatic carbocycles. The molecule has 1 N–H and O–H groups in total. The van der Waals surface area contributed by atoms with Crippen molar-refractivity contribution in [3.05, 3.63) is 59.9 Å². The molecular formula is C19H18F4N2O3S. The van der Waals surface area contributed by atoms with Crippen LogP contribution in [0.25, 0.3) is 0 Å². The van der Waals surface area contributed by atoms with Gasteiger partial charge < -0.3 is 5.32 Å². The highest BCUT2D eigenvalue weighted by Gasteiger charge is 2.34. The smallest absolute Gasteiger partial charge is 0.326 e. The van der Waals surface area contributed by atoms with Crippen LogP contribution in [0.4, 0.5) is 23.2 Å². The highest BCUT2D eigenvalue weighted by molar-refractivity contribution is 7.89. The highest BCUT2D eigenvalue weighted by atomic mass is 32.2. The minimum absolute atomic E-state index is 0.0633. The van der Waals surface area contributed by atoms with Gasteiger partial charge in [-0.2, -0.15) is 17.5 Å². The lowest BCUT2D eigenvalue weighted by molar-refractivity contribution is -0.137. The van der Waals surface area contributed by atoms with Crippen molar-refractivity contribution in [3.63, 3.8) is 0 Å². The van der Waals surface area contributed by atoms with E-state index in [1.807, 2.05) is 0 Å². The van der Waals surface area contributed by atoms with Gasteiger partial charge in [0.25, 0.3) is 0 Å². The van der Waals surface area contributed by atoms with Gasteiger partial charge in [-0.15, -0.1) is 0 Å². The Kier molecular flexibility index (Phi) is 5.95. The summed E-state index contributed by atoms with van der Waals surface area (Å²) in [4.78, 5) is 12.4. The summed E-state index contributed by atoms with van der Waals surface area (Å²) in [6.07, 6.45) is -3.57. The fourth-order valence-electron chi connectivity index (χ4n) is 3.12. The van der Waals surface area contributed by atoms with E-state index in [1.165, 1.54) is 4.31 Å². The van der Waals surface area contributed by atoms with Gasteiger partial charge in [-0.05, 0) is 61.4 Å². The number of hydrogen-bond donors (Lipinski definition) is 1. The number of alkyl halides is 3. The fraction of sp³-hybridized carbons (Fsp3) is 0.316. The second kappa shape index (κ2) is 8.11. The lowest BCUT2D eigenvalue weighted by atomic mass is 9.98. The van der Waals surface area contributed by atoms with E-state index in [2.05, 4.69) is 5.32 Å². The molecule has 2 aromatic carbocycles. The zero-order chi connectivity index (χ0) is 21.2. The first-order valence-corrected chi connectivity index (χ1v) is 10.3. The molecule has 156 valence electrons. The molecule has 1 aliphatic heterocycles. The van der Waals surface area contributed by atoms with Crippen molar-refractivity contribution in [1.82, 2.24) is 4.31 Å². The van der Waals surface area contributed by atoms with Crippen LogP contribution in [0.5, 0.6) is 0 Å². The predicted molar refractivity (Wildman–Crippen MR) is 98.0 cm³/mol. The molecule has 0 bridgehead atoms. The van der Waals surface area contributed by atoms with Gasteiger partial charge in [0.2, 0.25) is 15.9 Å². The number of piperidine rings is 1. The SMILES string of the molecule is O=C(Nc1ccc(C(F)(F)F)cc1)[C@@H]1CCCN(S(=O)(=O)c2ccc(F)cc2)C1. The van der Waals surface area contributed by atoms with Crippen LogP contribution in [-0.2, 0) is 21.0 Å². The molecule has 0 radical (unpaired) electrons. The van der Waals surface area contributed by atoms with Gasteiger partial charge in [-0.1, -0.05) is 0 Å². The summed E-state index contributed by atoms with van der Waals surface area (Å²) in [5.41, 5.74) is -0.633. The van der Waals surface area contributed by atoms with Crippen molar-refractivity contribution in [3.8, 4) is 0 Å². The molecule has 0 saturated carbocycles. The number of nitrogens with zero attached hydrogens (tertiary/aromatic N) is 1. The molecule has 2 aromatic rings. The molecule has 0 unspecified atom stereocenters. The number of rotatable bonds is 4. The van der Waals surface area contributed by atoms with Gasteiger partial charge in [-0.3, -0.25) is 4.79 Å². The summed E-state index contributed by atoms with van der Waals surface area (Å²) in [7, 11) is -3.88. The lowest BCUT2D eigenvalue weighted by Crippen LogP contribution is -2.43. The molecular weight excluding hydrogens is 412 g/mol. The molecule has 3 rings (SSSR count). The van der Waals surface area contributed by atoms with Crippen molar-refractivity contribution >= 4 is 21.6 Å². The summed E-state index contributed by atoms with van der Waals surface area (Å²) >= 11 is 0. The van der Waals surface area contributed by atoms with Gasteiger partial charge in [0, 0.05) is 18.8 Å². The largest absolute Gasteiger partial charge is 0.416 e. The third-order valence-electron chi connectivity index (χ3n) is 4.69. The van der Waals surface area contributed by atoms with Crippen molar-refractivity contribution < 1.29 is 30.8 Å². The Morgan fingerprint density at radius 1 is 1.03 bits per heavy atom. The normalized spacial score (nSPS) is 18.4. The van der Waals surface area contributed by atoms with E-state index in [9.17, 15) is 30.8 Å². The van der Waals surface area contributed by atoms with Crippen molar-refractivity contribution in [2.45, 2.75) is 23.9 Å². The number of hydrogen-bond acceptors (Lipinski definition) is 3. The zero-order valence-electron chi connectivity index (χ0n) is 15.1. The summed E-state index contributed by atoms with van der Waals surface area (Å²) in [5.74, 6) is -1.68. The maximum atomic E-state index is 13.1. The molecule has 1 amide bonds. The maximum Gasteiger partial charge on any atom is 0.416 e. The van der Waals surface area contributed by atoms with E-state index >= 15 is 0 Å². The molecule has 10 heteroatoms. The van der Waals surface area contributed by atoms with Crippen molar-refractivity contribution in [1.29, 1.82) is 0 Å². The van der Waals surface area contributed by atoms with E-state index in [1.54, 1.807) is 0 Å². The van der Waals surface area contributed by atoms with E-state index < -0.39 is 39.4 Å². The zero-order valence-corrected chi connectivity index (χ0v) is 15.9. The molecule has 5 nitrogen and oxygen atoms in total. The minimum Gasteiger partial charge on any atom is -0.326 e. The van der Waals surface area contributed by atoms with Crippen molar-refractivity contribution in [2.24, 2.45) is 5.92 Å². The first-order chi connectivity index (χ1) is 13.6. The second-order valence-electron chi connectivity index (χ2n) is 6.72. The number of nitrogens with one attached hydrogen (secondary N) is 1. The number of carbonyl (C=O) groups excluding carboxylic acids is 1. The quantitative estimate of drug-likeness (QED) is 0.749. The standard InChI is InChI=1S/C19H18F4N2O3S/c20-15-5-9-17(10-6-15)29(27,28)25-11-1-2-13(12-25)18(26)24-16-7-3-14(4-8-16)19(21,22)23/h3-10,13H,1-2,11-12H2,(H,24,26)/t13-/m1/s1. The first kappa shape index (κ1) is 21.3. The van der Waals surface area contributed by atoms with Crippen LogP contribution in [0.1, 0.15) is 18.4 Å². The van der Waals surface area contributed by atoms with Crippen LogP contribution in [0, 0.1) is 11.7 Å². The topological polar surface area (TPSA) is 66.5 Å². The molecule has 1 fully saturated rings. The number of carbonyl (C=O) groups is 1. The van der Waals surface area contributed by atoms with Gasteiger partial charge in [-0.25, -0.2) is 12.8 Å².